The first kappa shape index (κ1) is 26.3. The second-order valence-corrected chi connectivity index (χ2v) is 9.72. The second kappa shape index (κ2) is 9.89. The number of carbonyl (C=O) groups is 1. The van der Waals surface area contributed by atoms with Crippen LogP contribution in [-0.2, 0) is 12.6 Å². The minimum Gasteiger partial charge on any atom is -0.465 e. The molecule has 0 spiro atoms. The molecular weight excluding hydrogens is 565 g/mol. The van der Waals surface area contributed by atoms with E-state index >= 15 is 0 Å². The quantitative estimate of drug-likeness (QED) is 0.259. The van der Waals surface area contributed by atoms with E-state index in [0.29, 0.717) is 40.5 Å². The van der Waals surface area contributed by atoms with Crippen molar-refractivity contribution >= 4 is 23.4 Å². The lowest BCUT2D eigenvalue weighted by Gasteiger charge is -2.15. The molecule has 0 aliphatic carbocycles. The highest BCUT2D eigenvalue weighted by Crippen LogP contribution is 2.39. The van der Waals surface area contributed by atoms with Crippen LogP contribution in [0.4, 0.5) is 23.7 Å². The highest BCUT2D eigenvalue weighted by atomic mass is 35.5. The van der Waals surface area contributed by atoms with Gasteiger partial charge in [0.05, 0.1) is 29.2 Å². The molecule has 15 heteroatoms. The van der Waals surface area contributed by atoms with E-state index < -0.39 is 23.9 Å². The number of halogens is 4. The number of aryl methyl sites for hydroxylation is 1. The summed E-state index contributed by atoms with van der Waals surface area (Å²) in [5, 5.41) is 22.5. The molecule has 1 atom stereocenters. The molecule has 0 fully saturated rings. The van der Waals surface area contributed by atoms with Crippen LogP contribution in [0.5, 0.6) is 0 Å². The third-order valence-electron chi connectivity index (χ3n) is 6.78. The van der Waals surface area contributed by atoms with E-state index in [1.807, 2.05) is 11.4 Å². The number of hydrogen-bond donors (Lipinski definition) is 3. The van der Waals surface area contributed by atoms with Gasteiger partial charge in [0.2, 0.25) is 0 Å². The van der Waals surface area contributed by atoms with Crippen LogP contribution < -0.4 is 10.9 Å². The van der Waals surface area contributed by atoms with Gasteiger partial charge < -0.3 is 14.7 Å². The van der Waals surface area contributed by atoms with Gasteiger partial charge in [-0.05, 0) is 65.2 Å². The van der Waals surface area contributed by atoms with Crippen molar-refractivity contribution in [1.82, 2.24) is 34.7 Å². The number of pyridine rings is 1. The molecule has 0 saturated carbocycles. The number of rotatable bonds is 5. The standard InChI is InChI=1S/C26H18ClF3N8O3/c27-14-1-5-21(37-12-32-35-36-37)18(9-14)13-7-16-3-6-22(38(16)23(39)8-13)24-31-11-20(34-24)17-4-2-15(33-25(40)41)10-19(17)26(28,29)30/h1-2,4-5,7-12,22,33H,3,6H2,(H,31,34)(H,40,41)/t22-/m0/s1. The van der Waals surface area contributed by atoms with E-state index in [1.54, 1.807) is 22.8 Å². The smallest absolute Gasteiger partial charge is 0.417 e. The van der Waals surface area contributed by atoms with Crippen molar-refractivity contribution < 1.29 is 23.1 Å². The van der Waals surface area contributed by atoms with Crippen molar-refractivity contribution in [3.05, 3.63) is 93.5 Å². The van der Waals surface area contributed by atoms with Crippen LogP contribution in [0.2, 0.25) is 5.02 Å². The van der Waals surface area contributed by atoms with Crippen molar-refractivity contribution in [3.8, 4) is 28.1 Å². The van der Waals surface area contributed by atoms with Crippen LogP contribution in [0.15, 0.2) is 65.8 Å². The number of amides is 1. The molecule has 41 heavy (non-hydrogen) atoms. The lowest BCUT2D eigenvalue weighted by molar-refractivity contribution is -0.137. The van der Waals surface area contributed by atoms with Crippen molar-refractivity contribution in [2.24, 2.45) is 0 Å². The first-order chi connectivity index (χ1) is 19.6. The summed E-state index contributed by atoms with van der Waals surface area (Å²) in [6.45, 7) is 0. The van der Waals surface area contributed by atoms with Gasteiger partial charge in [0.25, 0.3) is 5.56 Å². The highest BCUT2D eigenvalue weighted by Gasteiger charge is 2.35. The molecule has 3 N–H and O–H groups in total. The van der Waals surface area contributed by atoms with Gasteiger partial charge in [-0.3, -0.25) is 10.1 Å². The molecule has 208 valence electrons. The maximum Gasteiger partial charge on any atom is 0.417 e. The number of tetrazole rings is 1. The Morgan fingerprint density at radius 3 is 2.68 bits per heavy atom. The predicted molar refractivity (Wildman–Crippen MR) is 141 cm³/mol. The summed E-state index contributed by atoms with van der Waals surface area (Å²) < 4.78 is 44.6. The number of carboxylic acid groups (broad SMARTS) is 1. The molecule has 0 unspecified atom stereocenters. The van der Waals surface area contributed by atoms with Gasteiger partial charge in [0, 0.05) is 33.6 Å². The van der Waals surface area contributed by atoms with Crippen molar-refractivity contribution in [3.63, 3.8) is 0 Å². The number of aromatic amines is 1. The summed E-state index contributed by atoms with van der Waals surface area (Å²) in [7, 11) is 0. The van der Waals surface area contributed by atoms with Crippen molar-refractivity contribution in [1.29, 1.82) is 0 Å². The van der Waals surface area contributed by atoms with E-state index in [1.165, 1.54) is 35.4 Å². The van der Waals surface area contributed by atoms with Gasteiger partial charge in [-0.25, -0.2) is 9.78 Å². The molecule has 0 radical (unpaired) electrons. The molecule has 2 aromatic carbocycles. The third kappa shape index (κ3) is 4.93. The van der Waals surface area contributed by atoms with E-state index in [0.717, 1.165) is 11.8 Å². The molecule has 4 heterocycles. The zero-order valence-corrected chi connectivity index (χ0v) is 21.5. The fourth-order valence-electron chi connectivity index (χ4n) is 5.08. The minimum atomic E-state index is -4.76. The molecule has 3 aromatic heterocycles. The number of anilines is 1. The maximum atomic E-state index is 13.9. The van der Waals surface area contributed by atoms with Crippen LogP contribution in [-0.4, -0.2) is 45.9 Å². The van der Waals surface area contributed by atoms with Gasteiger partial charge in [-0.2, -0.15) is 17.9 Å². The van der Waals surface area contributed by atoms with E-state index in [-0.39, 0.29) is 22.5 Å². The molecule has 1 aliphatic heterocycles. The average molecular weight is 583 g/mol. The number of nitrogens with zero attached hydrogens (tertiary/aromatic N) is 6. The fourth-order valence-corrected chi connectivity index (χ4v) is 5.25. The first-order valence-corrected chi connectivity index (χ1v) is 12.5. The van der Waals surface area contributed by atoms with E-state index in [4.69, 9.17) is 16.7 Å². The van der Waals surface area contributed by atoms with Crippen LogP contribution in [0, 0.1) is 0 Å². The maximum absolute atomic E-state index is 13.9. The highest BCUT2D eigenvalue weighted by molar-refractivity contribution is 6.31. The van der Waals surface area contributed by atoms with Gasteiger partial charge in [-0.15, -0.1) is 5.10 Å². The lowest BCUT2D eigenvalue weighted by Crippen LogP contribution is -2.24. The van der Waals surface area contributed by atoms with Gasteiger partial charge in [-0.1, -0.05) is 17.7 Å². The Morgan fingerprint density at radius 2 is 1.95 bits per heavy atom. The molecular formula is C26H18ClF3N8O3. The number of nitrogens with one attached hydrogen (secondary N) is 2. The fraction of sp³-hybridized carbons (Fsp3) is 0.154. The van der Waals surface area contributed by atoms with Crippen LogP contribution in [0.3, 0.4) is 0 Å². The Hall–Kier alpha value is -4.98. The van der Waals surface area contributed by atoms with Crippen molar-refractivity contribution in [2.75, 3.05) is 5.32 Å². The Labute approximate surface area is 233 Å². The largest absolute Gasteiger partial charge is 0.465 e. The number of H-pyrrole nitrogens is 1. The monoisotopic (exact) mass is 582 g/mol. The minimum absolute atomic E-state index is 0.0809. The summed E-state index contributed by atoms with van der Waals surface area (Å²) in [5.74, 6) is 0.326. The first-order valence-electron chi connectivity index (χ1n) is 12.1. The topological polar surface area (TPSA) is 144 Å². The van der Waals surface area contributed by atoms with Crippen LogP contribution in [0.25, 0.3) is 28.1 Å². The Bertz CT molecular complexity index is 1850. The van der Waals surface area contributed by atoms with E-state index in [9.17, 15) is 22.8 Å². The summed E-state index contributed by atoms with van der Waals surface area (Å²) in [4.78, 5) is 31.6. The second-order valence-electron chi connectivity index (χ2n) is 9.28. The zero-order valence-electron chi connectivity index (χ0n) is 20.7. The van der Waals surface area contributed by atoms with Crippen LogP contribution >= 0.6 is 11.6 Å². The number of fused-ring (bicyclic) bond motifs is 1. The van der Waals surface area contributed by atoms with Gasteiger partial charge in [0.1, 0.15) is 12.2 Å². The molecule has 0 saturated heterocycles. The van der Waals surface area contributed by atoms with Crippen LogP contribution in [0.1, 0.15) is 29.5 Å². The Balaban J connectivity index is 1.36. The Kier molecular flexibility index (Phi) is 6.33. The average Bonchev–Trinajstić information content (AvgIpc) is 3.68. The molecule has 6 rings (SSSR count). The summed E-state index contributed by atoms with van der Waals surface area (Å²) in [5.41, 5.74) is 0.907. The zero-order chi connectivity index (χ0) is 28.9. The summed E-state index contributed by atoms with van der Waals surface area (Å²) in [6.07, 6.45) is -2.52. The summed E-state index contributed by atoms with van der Waals surface area (Å²) >= 11 is 6.25. The number of aromatic nitrogens is 7. The molecule has 1 aliphatic rings. The normalized spacial score (nSPS) is 14.7. The van der Waals surface area contributed by atoms with Gasteiger partial charge in [0.15, 0.2) is 0 Å². The molecule has 11 nitrogen and oxygen atoms in total. The van der Waals surface area contributed by atoms with Crippen molar-refractivity contribution in [2.45, 2.75) is 25.1 Å². The lowest BCUT2D eigenvalue weighted by atomic mass is 10.0. The van der Waals surface area contributed by atoms with E-state index in [2.05, 4.69) is 25.5 Å². The Morgan fingerprint density at radius 1 is 1.12 bits per heavy atom. The third-order valence-corrected chi connectivity index (χ3v) is 7.01. The number of benzene rings is 2. The molecule has 5 aromatic rings. The molecule has 0 bridgehead atoms. The van der Waals surface area contributed by atoms with Gasteiger partial charge >= 0.3 is 12.3 Å². The number of imidazole rings is 1. The SMILES string of the molecule is O=C(O)Nc1ccc(-c2cnc([C@@H]3CCc4cc(-c5cc(Cl)ccc5-n5cnnn5)cc(=O)n43)[nH]2)c(C(F)(F)F)c1. The summed E-state index contributed by atoms with van der Waals surface area (Å²) in [6, 6.07) is 11.1. The number of hydrogen-bond acceptors (Lipinski definition) is 6. The predicted octanol–water partition coefficient (Wildman–Crippen LogP) is 5.18. The molecule has 1 amide bonds. The number of alkyl halides is 3.